The number of carbonyl (C=O) groups excluding carboxylic acids is 1. The maximum Gasteiger partial charge on any atom is 0.226 e. The van der Waals surface area contributed by atoms with Gasteiger partial charge in [-0.05, 0) is 29.2 Å². The van der Waals surface area contributed by atoms with E-state index < -0.39 is 0 Å². The van der Waals surface area contributed by atoms with E-state index in [4.69, 9.17) is 5.73 Å². The Morgan fingerprint density at radius 1 is 1.24 bits per heavy atom. The van der Waals surface area contributed by atoms with Crippen LogP contribution in [0.15, 0.2) is 18.2 Å². The molecular weight excluding hydrogens is 212 g/mol. The summed E-state index contributed by atoms with van der Waals surface area (Å²) in [5.41, 5.74) is 8.94. The summed E-state index contributed by atoms with van der Waals surface area (Å²) in [6, 6.07) is 5.90. The molecule has 0 aromatic heterocycles. The summed E-state index contributed by atoms with van der Waals surface area (Å²) in [5.74, 6) is 0.715. The number of nitrogens with zero attached hydrogens (tertiary/aromatic N) is 1. The molecule has 1 aromatic rings. The van der Waals surface area contributed by atoms with Crippen molar-refractivity contribution < 1.29 is 4.79 Å². The first kappa shape index (κ1) is 12.0. The number of benzene rings is 1. The average Bonchev–Trinajstić information content (AvgIpc) is 2.69. The van der Waals surface area contributed by atoms with Crippen LogP contribution in [0.3, 0.4) is 0 Å². The second-order valence-corrected chi connectivity index (χ2v) is 5.26. The lowest BCUT2D eigenvalue weighted by Crippen LogP contribution is -2.32. The second-order valence-electron chi connectivity index (χ2n) is 5.26. The van der Waals surface area contributed by atoms with Gasteiger partial charge in [-0.2, -0.15) is 0 Å². The van der Waals surface area contributed by atoms with Gasteiger partial charge in [0.25, 0.3) is 0 Å². The van der Waals surface area contributed by atoms with Gasteiger partial charge < -0.3 is 10.6 Å². The highest BCUT2D eigenvalue weighted by molar-refractivity contribution is 5.79. The van der Waals surface area contributed by atoms with Gasteiger partial charge >= 0.3 is 0 Å². The normalized spacial score (nSPS) is 16.1. The number of anilines is 1. The molecule has 1 aliphatic rings. The van der Waals surface area contributed by atoms with Crippen molar-refractivity contribution in [3.8, 4) is 0 Å². The molecule has 1 unspecified atom stereocenters. The standard InChI is InChI=1S/C14H20N2O/c1-9(2)10(3)14(17)16-7-11-4-5-13(15)6-12(11)8-16/h4-6,9-10H,7-8,15H2,1-3H3. The molecular formula is C14H20N2O. The minimum Gasteiger partial charge on any atom is -0.399 e. The Balaban J connectivity index is 2.12. The van der Waals surface area contributed by atoms with Gasteiger partial charge in [-0.3, -0.25) is 4.79 Å². The molecule has 1 amide bonds. The number of amides is 1. The quantitative estimate of drug-likeness (QED) is 0.796. The number of nitrogens with two attached hydrogens (primary N) is 1. The molecule has 1 aliphatic heterocycles. The third-order valence-electron chi connectivity index (χ3n) is 3.65. The summed E-state index contributed by atoms with van der Waals surface area (Å²) >= 11 is 0. The van der Waals surface area contributed by atoms with Crippen LogP contribution in [0.25, 0.3) is 0 Å². The van der Waals surface area contributed by atoms with Gasteiger partial charge in [0.05, 0.1) is 0 Å². The molecule has 3 heteroatoms. The van der Waals surface area contributed by atoms with E-state index >= 15 is 0 Å². The molecule has 0 radical (unpaired) electrons. The predicted molar refractivity (Wildman–Crippen MR) is 69.1 cm³/mol. The Morgan fingerprint density at radius 3 is 2.53 bits per heavy atom. The van der Waals surface area contributed by atoms with E-state index in [1.807, 2.05) is 30.0 Å². The van der Waals surface area contributed by atoms with Crippen molar-refractivity contribution in [2.45, 2.75) is 33.9 Å². The topological polar surface area (TPSA) is 46.3 Å². The van der Waals surface area contributed by atoms with Gasteiger partial charge in [-0.25, -0.2) is 0 Å². The first-order valence-corrected chi connectivity index (χ1v) is 6.15. The number of nitrogen functional groups attached to an aromatic ring is 1. The van der Waals surface area contributed by atoms with Crippen molar-refractivity contribution in [3.63, 3.8) is 0 Å². The van der Waals surface area contributed by atoms with Crippen molar-refractivity contribution in [2.75, 3.05) is 5.73 Å². The number of hydrogen-bond acceptors (Lipinski definition) is 2. The average molecular weight is 232 g/mol. The molecule has 0 aliphatic carbocycles. The number of rotatable bonds is 2. The SMILES string of the molecule is CC(C)C(C)C(=O)N1Cc2ccc(N)cc2C1. The van der Waals surface area contributed by atoms with Crippen molar-refractivity contribution in [3.05, 3.63) is 29.3 Å². The smallest absolute Gasteiger partial charge is 0.226 e. The summed E-state index contributed by atoms with van der Waals surface area (Å²) in [5, 5.41) is 0. The van der Waals surface area contributed by atoms with Crippen LogP contribution >= 0.6 is 0 Å². The molecule has 17 heavy (non-hydrogen) atoms. The largest absolute Gasteiger partial charge is 0.399 e. The summed E-state index contributed by atoms with van der Waals surface area (Å²) in [6.07, 6.45) is 0. The minimum atomic E-state index is 0.0849. The summed E-state index contributed by atoms with van der Waals surface area (Å²) in [4.78, 5) is 14.2. The Morgan fingerprint density at radius 2 is 1.88 bits per heavy atom. The van der Waals surface area contributed by atoms with E-state index in [0.29, 0.717) is 12.5 Å². The zero-order chi connectivity index (χ0) is 12.6. The fraction of sp³-hybridized carbons (Fsp3) is 0.500. The Kier molecular flexibility index (Phi) is 3.09. The van der Waals surface area contributed by atoms with Crippen LogP contribution in [0.4, 0.5) is 5.69 Å². The van der Waals surface area contributed by atoms with Gasteiger partial charge in [0, 0.05) is 24.7 Å². The van der Waals surface area contributed by atoms with E-state index in [1.54, 1.807) is 0 Å². The van der Waals surface area contributed by atoms with Crippen molar-refractivity contribution >= 4 is 11.6 Å². The van der Waals surface area contributed by atoms with Crippen LogP contribution in [0.5, 0.6) is 0 Å². The van der Waals surface area contributed by atoms with Gasteiger partial charge in [0.1, 0.15) is 0 Å². The molecule has 92 valence electrons. The Hall–Kier alpha value is -1.51. The lowest BCUT2D eigenvalue weighted by molar-refractivity contribution is -0.136. The molecule has 2 N–H and O–H groups in total. The third kappa shape index (κ3) is 2.28. The van der Waals surface area contributed by atoms with Crippen molar-refractivity contribution in [1.29, 1.82) is 0 Å². The van der Waals surface area contributed by atoms with Gasteiger partial charge in [-0.15, -0.1) is 0 Å². The monoisotopic (exact) mass is 232 g/mol. The fourth-order valence-electron chi connectivity index (χ4n) is 2.14. The molecule has 2 rings (SSSR count). The van der Waals surface area contributed by atoms with Crippen LogP contribution in [0, 0.1) is 11.8 Å². The van der Waals surface area contributed by atoms with Crippen LogP contribution < -0.4 is 5.73 Å². The highest BCUT2D eigenvalue weighted by atomic mass is 16.2. The Bertz CT molecular complexity index is 440. The maximum atomic E-state index is 12.2. The summed E-state index contributed by atoms with van der Waals surface area (Å²) in [7, 11) is 0. The molecule has 1 heterocycles. The van der Waals surface area contributed by atoms with Crippen LogP contribution in [0.1, 0.15) is 31.9 Å². The van der Waals surface area contributed by atoms with E-state index in [0.717, 1.165) is 12.2 Å². The number of hydrogen-bond donors (Lipinski definition) is 1. The fourth-order valence-corrected chi connectivity index (χ4v) is 2.14. The van der Waals surface area contributed by atoms with Crippen LogP contribution in [0.2, 0.25) is 0 Å². The lowest BCUT2D eigenvalue weighted by Gasteiger charge is -2.22. The van der Waals surface area contributed by atoms with Crippen LogP contribution in [-0.2, 0) is 17.9 Å². The maximum absolute atomic E-state index is 12.2. The molecule has 3 nitrogen and oxygen atoms in total. The zero-order valence-corrected chi connectivity index (χ0v) is 10.7. The predicted octanol–water partition coefficient (Wildman–Crippen LogP) is 2.40. The molecule has 0 saturated heterocycles. The molecule has 0 fully saturated rings. The van der Waals surface area contributed by atoms with E-state index in [2.05, 4.69) is 13.8 Å². The first-order chi connectivity index (χ1) is 7.99. The van der Waals surface area contributed by atoms with Crippen molar-refractivity contribution in [2.24, 2.45) is 11.8 Å². The van der Waals surface area contributed by atoms with Gasteiger partial charge in [-0.1, -0.05) is 26.8 Å². The molecule has 1 aromatic carbocycles. The zero-order valence-electron chi connectivity index (χ0n) is 10.7. The van der Waals surface area contributed by atoms with Gasteiger partial charge in [0.2, 0.25) is 5.91 Å². The van der Waals surface area contributed by atoms with E-state index in [-0.39, 0.29) is 11.8 Å². The van der Waals surface area contributed by atoms with Crippen molar-refractivity contribution in [1.82, 2.24) is 4.90 Å². The highest BCUT2D eigenvalue weighted by Gasteiger charge is 2.27. The van der Waals surface area contributed by atoms with E-state index in [1.165, 1.54) is 11.1 Å². The number of fused-ring (bicyclic) bond motifs is 1. The number of carbonyl (C=O) groups is 1. The van der Waals surface area contributed by atoms with E-state index in [9.17, 15) is 4.79 Å². The molecule has 0 bridgehead atoms. The van der Waals surface area contributed by atoms with Crippen LogP contribution in [-0.4, -0.2) is 10.8 Å². The minimum absolute atomic E-state index is 0.0849. The molecule has 0 saturated carbocycles. The molecule has 1 atom stereocenters. The molecule has 0 spiro atoms. The first-order valence-electron chi connectivity index (χ1n) is 6.15. The Labute approximate surface area is 103 Å². The lowest BCUT2D eigenvalue weighted by atomic mass is 9.97. The van der Waals surface area contributed by atoms with Gasteiger partial charge in [0.15, 0.2) is 0 Å². The second kappa shape index (κ2) is 4.40. The third-order valence-corrected chi connectivity index (χ3v) is 3.65. The highest BCUT2D eigenvalue weighted by Crippen LogP contribution is 2.27. The summed E-state index contributed by atoms with van der Waals surface area (Å²) in [6.45, 7) is 7.61. The summed E-state index contributed by atoms with van der Waals surface area (Å²) < 4.78 is 0.